The van der Waals surface area contributed by atoms with E-state index in [9.17, 15) is 19.8 Å². The van der Waals surface area contributed by atoms with E-state index in [1.165, 1.54) is 231 Å². The van der Waals surface area contributed by atoms with Crippen LogP contribution in [0.25, 0.3) is 0 Å². The van der Waals surface area contributed by atoms with Crippen LogP contribution in [0.1, 0.15) is 303 Å². The molecule has 0 saturated carbocycles. The van der Waals surface area contributed by atoms with E-state index in [0.29, 0.717) is 19.4 Å². The molecule has 1 amide bonds. The van der Waals surface area contributed by atoms with E-state index in [0.717, 1.165) is 44.9 Å². The zero-order chi connectivity index (χ0) is 45.8. The average Bonchev–Trinajstić information content (AvgIpc) is 3.28. The molecule has 0 bridgehead atoms. The van der Waals surface area contributed by atoms with Crippen molar-refractivity contribution in [2.75, 3.05) is 13.2 Å². The first kappa shape index (κ1) is 61.3. The smallest absolute Gasteiger partial charge is 0.305 e. The minimum atomic E-state index is -0.848. The molecule has 0 aliphatic carbocycles. The molecule has 3 N–H and O–H groups in total. The molecule has 2 atom stereocenters. The Morgan fingerprint density at radius 1 is 0.429 bits per heavy atom. The first-order valence-corrected chi connectivity index (χ1v) is 28.1. The summed E-state index contributed by atoms with van der Waals surface area (Å²) in [5.41, 5.74) is 0. The molecule has 372 valence electrons. The van der Waals surface area contributed by atoms with Crippen LogP contribution in [0.3, 0.4) is 0 Å². The minimum absolute atomic E-state index is 0.00824. The summed E-state index contributed by atoms with van der Waals surface area (Å²) in [4.78, 5) is 24.4. The number of allylic oxidation sites excluding steroid dienone is 3. The van der Waals surface area contributed by atoms with Gasteiger partial charge in [-0.25, -0.2) is 0 Å². The number of esters is 1. The molecule has 6 nitrogen and oxygen atoms in total. The van der Waals surface area contributed by atoms with Gasteiger partial charge in [0, 0.05) is 12.8 Å². The number of aliphatic hydroxyl groups excluding tert-OH is 2. The molecule has 0 fully saturated rings. The Kier molecular flexibility index (Phi) is 51.6. The molecule has 0 aliphatic heterocycles. The van der Waals surface area contributed by atoms with E-state index >= 15 is 0 Å². The van der Waals surface area contributed by atoms with Gasteiger partial charge in [-0.05, 0) is 57.8 Å². The van der Waals surface area contributed by atoms with Gasteiger partial charge in [0.1, 0.15) is 0 Å². The van der Waals surface area contributed by atoms with E-state index in [-0.39, 0.29) is 18.5 Å². The molecule has 6 heteroatoms. The lowest BCUT2D eigenvalue weighted by Gasteiger charge is -2.20. The Balaban J connectivity index is 3.42. The van der Waals surface area contributed by atoms with Crippen molar-refractivity contribution >= 4 is 11.9 Å². The monoisotopic (exact) mass is 888 g/mol. The Bertz CT molecular complexity index is 982. The van der Waals surface area contributed by atoms with Gasteiger partial charge in [-0.15, -0.1) is 0 Å². The largest absolute Gasteiger partial charge is 0.466 e. The van der Waals surface area contributed by atoms with Crippen molar-refractivity contribution < 1.29 is 24.5 Å². The third kappa shape index (κ3) is 49.6. The number of nitrogens with one attached hydrogen (secondary N) is 1. The fourth-order valence-electron chi connectivity index (χ4n) is 8.63. The predicted octanol–water partition coefficient (Wildman–Crippen LogP) is 17.1. The van der Waals surface area contributed by atoms with Crippen molar-refractivity contribution in [3.05, 3.63) is 24.3 Å². The molecule has 0 saturated heterocycles. The SMILES string of the molecule is CCCCCCCCCCC/C=C/C(O)C(CO)NC(=O)CCCCCCCCC/C=C\CCCCCCCCCCCOC(=O)CCCCCCCCCCCCCCCCC. The highest BCUT2D eigenvalue weighted by Gasteiger charge is 2.18. The molecule has 0 aromatic rings. The van der Waals surface area contributed by atoms with E-state index in [4.69, 9.17) is 4.74 Å². The lowest BCUT2D eigenvalue weighted by atomic mass is 10.0. The first-order chi connectivity index (χ1) is 31.0. The maximum Gasteiger partial charge on any atom is 0.305 e. The summed E-state index contributed by atoms with van der Waals surface area (Å²) in [6.07, 6.45) is 63.4. The Morgan fingerprint density at radius 2 is 0.746 bits per heavy atom. The van der Waals surface area contributed by atoms with Crippen LogP contribution in [0, 0.1) is 0 Å². The zero-order valence-corrected chi connectivity index (χ0v) is 42.3. The lowest BCUT2D eigenvalue weighted by Crippen LogP contribution is -2.45. The maximum atomic E-state index is 12.4. The minimum Gasteiger partial charge on any atom is -0.466 e. The molecule has 0 radical (unpaired) electrons. The summed E-state index contributed by atoms with van der Waals surface area (Å²) in [7, 11) is 0. The number of rotatable bonds is 52. The summed E-state index contributed by atoms with van der Waals surface area (Å²) in [6.45, 7) is 4.89. The van der Waals surface area contributed by atoms with Crippen LogP contribution in [0.4, 0.5) is 0 Å². The zero-order valence-electron chi connectivity index (χ0n) is 42.3. The van der Waals surface area contributed by atoms with Gasteiger partial charge in [0.05, 0.1) is 25.4 Å². The maximum absolute atomic E-state index is 12.4. The van der Waals surface area contributed by atoms with Crippen molar-refractivity contribution in [3.8, 4) is 0 Å². The average molecular weight is 889 g/mol. The topological polar surface area (TPSA) is 95.9 Å². The Labute approximate surface area is 392 Å². The second-order valence-corrected chi connectivity index (χ2v) is 19.3. The molecule has 63 heavy (non-hydrogen) atoms. The predicted molar refractivity (Wildman–Crippen MR) is 273 cm³/mol. The van der Waals surface area contributed by atoms with Crippen LogP contribution in [0.5, 0.6) is 0 Å². The van der Waals surface area contributed by atoms with Crippen LogP contribution < -0.4 is 5.32 Å². The van der Waals surface area contributed by atoms with Gasteiger partial charge in [-0.1, -0.05) is 256 Å². The molecule has 0 heterocycles. The fourth-order valence-corrected chi connectivity index (χ4v) is 8.63. The van der Waals surface area contributed by atoms with Crippen molar-refractivity contribution in [2.24, 2.45) is 0 Å². The Hall–Kier alpha value is -1.66. The van der Waals surface area contributed by atoms with E-state index in [1.807, 2.05) is 6.08 Å². The summed E-state index contributed by atoms with van der Waals surface area (Å²) >= 11 is 0. The molecular weight excluding hydrogens is 779 g/mol. The van der Waals surface area contributed by atoms with Crippen LogP contribution in [0.15, 0.2) is 24.3 Å². The van der Waals surface area contributed by atoms with E-state index in [1.54, 1.807) is 6.08 Å². The van der Waals surface area contributed by atoms with Crippen LogP contribution >= 0.6 is 0 Å². The number of hydrogen-bond donors (Lipinski definition) is 3. The second-order valence-electron chi connectivity index (χ2n) is 19.3. The van der Waals surface area contributed by atoms with Gasteiger partial charge in [-0.2, -0.15) is 0 Å². The van der Waals surface area contributed by atoms with E-state index < -0.39 is 12.1 Å². The van der Waals surface area contributed by atoms with Crippen molar-refractivity contribution in [1.29, 1.82) is 0 Å². The number of amides is 1. The number of ether oxygens (including phenoxy) is 1. The number of aliphatic hydroxyl groups is 2. The number of carbonyl (C=O) groups excluding carboxylic acids is 2. The highest BCUT2D eigenvalue weighted by atomic mass is 16.5. The van der Waals surface area contributed by atoms with Crippen LogP contribution in [-0.4, -0.2) is 47.4 Å². The van der Waals surface area contributed by atoms with Crippen LogP contribution in [0.2, 0.25) is 0 Å². The summed E-state index contributed by atoms with van der Waals surface area (Å²) in [5, 5.41) is 23.0. The van der Waals surface area contributed by atoms with Crippen molar-refractivity contribution in [2.45, 2.75) is 315 Å². The molecule has 2 unspecified atom stereocenters. The normalized spacial score (nSPS) is 12.8. The molecule has 0 aliphatic rings. The van der Waals surface area contributed by atoms with Gasteiger partial charge < -0.3 is 20.3 Å². The molecule has 0 spiro atoms. The number of unbranched alkanes of at least 4 members (excludes halogenated alkanes) is 39. The quantitative estimate of drug-likeness (QED) is 0.0321. The summed E-state index contributed by atoms with van der Waals surface area (Å²) < 4.78 is 5.48. The standard InChI is InChI=1S/C57H109NO5/c1-3-5-7-9-11-13-15-16-23-27-31-35-39-43-47-51-57(62)63-52-48-44-40-36-32-28-25-22-20-18-17-19-21-24-26-30-34-38-42-46-50-56(61)58-54(53-59)55(60)49-45-41-37-33-29-14-12-10-8-6-4-2/h17,19,45,49,54-55,59-60H,3-16,18,20-44,46-48,50-53H2,1-2H3,(H,58,61)/b19-17-,49-45+. The van der Waals surface area contributed by atoms with Gasteiger partial charge in [-0.3, -0.25) is 9.59 Å². The second kappa shape index (κ2) is 53.0. The summed E-state index contributed by atoms with van der Waals surface area (Å²) in [5.74, 6) is -0.0693. The van der Waals surface area contributed by atoms with Gasteiger partial charge in [0.2, 0.25) is 5.91 Å². The first-order valence-electron chi connectivity index (χ1n) is 28.1. The fraction of sp³-hybridized carbons (Fsp3) is 0.895. The molecule has 0 aromatic heterocycles. The third-order valence-electron chi connectivity index (χ3n) is 13.0. The highest BCUT2D eigenvalue weighted by Crippen LogP contribution is 2.16. The molecular formula is C57H109NO5. The van der Waals surface area contributed by atoms with Crippen molar-refractivity contribution in [3.63, 3.8) is 0 Å². The van der Waals surface area contributed by atoms with Crippen molar-refractivity contribution in [1.82, 2.24) is 5.32 Å². The van der Waals surface area contributed by atoms with E-state index in [2.05, 4.69) is 31.3 Å². The van der Waals surface area contributed by atoms with Crippen LogP contribution in [-0.2, 0) is 14.3 Å². The lowest BCUT2D eigenvalue weighted by molar-refractivity contribution is -0.143. The van der Waals surface area contributed by atoms with Gasteiger partial charge in [0.25, 0.3) is 0 Å². The summed E-state index contributed by atoms with van der Waals surface area (Å²) in [6, 6.07) is -0.632. The Morgan fingerprint density at radius 3 is 1.13 bits per heavy atom. The van der Waals surface area contributed by atoms with Gasteiger partial charge >= 0.3 is 5.97 Å². The number of hydrogen-bond acceptors (Lipinski definition) is 5. The molecule has 0 rings (SSSR count). The number of carbonyl (C=O) groups is 2. The highest BCUT2D eigenvalue weighted by molar-refractivity contribution is 5.76. The molecule has 0 aromatic carbocycles. The third-order valence-corrected chi connectivity index (χ3v) is 13.0. The van der Waals surface area contributed by atoms with Gasteiger partial charge in [0.15, 0.2) is 0 Å².